The number of nitrogens with one attached hydrogen (secondary N) is 2. The minimum atomic E-state index is -1.09. The van der Waals surface area contributed by atoms with Crippen molar-refractivity contribution in [2.24, 2.45) is 0 Å². The van der Waals surface area contributed by atoms with E-state index >= 15 is 0 Å². The topological polar surface area (TPSA) is 82.2 Å². The number of rotatable bonds is 5. The van der Waals surface area contributed by atoms with Crippen molar-refractivity contribution in [3.63, 3.8) is 0 Å². The van der Waals surface area contributed by atoms with Gasteiger partial charge in [0.1, 0.15) is 5.69 Å². The number of anilines is 1. The van der Waals surface area contributed by atoms with Gasteiger partial charge in [0, 0.05) is 10.6 Å². The van der Waals surface area contributed by atoms with Crippen molar-refractivity contribution >= 4 is 29.3 Å². The Morgan fingerprint density at radius 2 is 1.90 bits per heavy atom. The first-order chi connectivity index (χ1) is 9.95. The molecule has 1 aromatic carbocycles. The molecule has 110 valence electrons. The molecular formula is C15H16N2O3S. The molecule has 0 saturated heterocycles. The van der Waals surface area contributed by atoms with Crippen LogP contribution < -0.4 is 5.32 Å². The van der Waals surface area contributed by atoms with Crippen LogP contribution in [0.4, 0.5) is 5.69 Å². The number of carboxylic acid groups (broad SMARTS) is 1. The first kappa shape index (κ1) is 15.2. The number of carboxylic acids is 1. The Bertz CT molecular complexity index is 662. The lowest BCUT2D eigenvalue weighted by molar-refractivity contribution is -0.113. The summed E-state index contributed by atoms with van der Waals surface area (Å²) in [7, 11) is 0. The van der Waals surface area contributed by atoms with Crippen molar-refractivity contribution in [1.29, 1.82) is 0 Å². The highest BCUT2D eigenvalue weighted by Crippen LogP contribution is 2.20. The van der Waals surface area contributed by atoms with Crippen LogP contribution in [-0.2, 0) is 4.79 Å². The maximum absolute atomic E-state index is 11.9. The molecule has 6 heteroatoms. The van der Waals surface area contributed by atoms with Crippen LogP contribution in [0.25, 0.3) is 0 Å². The quantitative estimate of drug-likeness (QED) is 0.741. The second-order valence-electron chi connectivity index (χ2n) is 4.70. The van der Waals surface area contributed by atoms with Gasteiger partial charge < -0.3 is 15.4 Å². The lowest BCUT2D eigenvalue weighted by Gasteiger charge is -2.05. The fourth-order valence-electron chi connectivity index (χ4n) is 1.83. The highest BCUT2D eigenvalue weighted by atomic mass is 32.2. The van der Waals surface area contributed by atoms with Gasteiger partial charge in [-0.05, 0) is 32.0 Å². The number of H-pyrrole nitrogens is 1. The zero-order valence-corrected chi connectivity index (χ0v) is 12.6. The molecule has 1 heterocycles. The van der Waals surface area contributed by atoms with Crippen LogP contribution in [0, 0.1) is 13.8 Å². The van der Waals surface area contributed by atoms with E-state index in [-0.39, 0.29) is 17.4 Å². The number of hydrogen-bond acceptors (Lipinski definition) is 3. The zero-order valence-electron chi connectivity index (χ0n) is 11.8. The third kappa shape index (κ3) is 4.13. The average Bonchev–Trinajstić information content (AvgIpc) is 2.79. The molecular weight excluding hydrogens is 288 g/mol. The minimum absolute atomic E-state index is 0.00110. The van der Waals surface area contributed by atoms with E-state index in [9.17, 15) is 9.59 Å². The molecule has 2 rings (SSSR count). The first-order valence-electron chi connectivity index (χ1n) is 6.38. The number of aromatic amines is 1. The Labute approximate surface area is 126 Å². The van der Waals surface area contributed by atoms with E-state index in [0.717, 1.165) is 10.5 Å². The molecule has 3 N–H and O–H groups in total. The second-order valence-corrected chi connectivity index (χ2v) is 5.74. The molecule has 2 aromatic rings. The van der Waals surface area contributed by atoms with Crippen LogP contribution in [0.1, 0.15) is 21.7 Å². The Balaban J connectivity index is 1.96. The van der Waals surface area contributed by atoms with Crippen LogP contribution >= 0.6 is 11.8 Å². The van der Waals surface area contributed by atoms with Crippen molar-refractivity contribution in [3.05, 3.63) is 47.3 Å². The number of aromatic nitrogens is 1. The summed E-state index contributed by atoms with van der Waals surface area (Å²) in [5.41, 5.74) is 2.15. The molecule has 0 aliphatic heterocycles. The van der Waals surface area contributed by atoms with Crippen molar-refractivity contribution in [1.82, 2.24) is 4.98 Å². The lowest BCUT2D eigenvalue weighted by atomic mass is 10.2. The predicted octanol–water partition coefficient (Wildman–Crippen LogP) is 3.06. The standard InChI is InChI=1S/C15H16N2O3S/c1-9-3-5-11(6-4-9)21-8-13(18)17-12-7-10(2)16-14(12)15(19)20/h3-7,16H,8H2,1-2H3,(H,17,18)(H,19,20). The van der Waals surface area contributed by atoms with E-state index in [2.05, 4.69) is 10.3 Å². The van der Waals surface area contributed by atoms with Gasteiger partial charge in [-0.25, -0.2) is 4.79 Å². The monoisotopic (exact) mass is 304 g/mol. The fraction of sp³-hybridized carbons (Fsp3) is 0.200. The van der Waals surface area contributed by atoms with Crippen LogP contribution in [0.15, 0.2) is 35.2 Å². The smallest absolute Gasteiger partial charge is 0.354 e. The zero-order chi connectivity index (χ0) is 15.4. The van der Waals surface area contributed by atoms with Crippen molar-refractivity contribution in [2.45, 2.75) is 18.7 Å². The van der Waals surface area contributed by atoms with E-state index in [0.29, 0.717) is 11.4 Å². The number of amides is 1. The van der Waals surface area contributed by atoms with Gasteiger partial charge >= 0.3 is 5.97 Å². The van der Waals surface area contributed by atoms with Crippen molar-refractivity contribution in [3.8, 4) is 0 Å². The summed E-state index contributed by atoms with van der Waals surface area (Å²) in [6.07, 6.45) is 0. The summed E-state index contributed by atoms with van der Waals surface area (Å²) in [5, 5.41) is 11.7. The molecule has 21 heavy (non-hydrogen) atoms. The van der Waals surface area contributed by atoms with Gasteiger partial charge in [0.25, 0.3) is 0 Å². The van der Waals surface area contributed by atoms with Crippen LogP contribution in [0.3, 0.4) is 0 Å². The fourth-order valence-corrected chi connectivity index (χ4v) is 2.52. The Hall–Kier alpha value is -2.21. The summed E-state index contributed by atoms with van der Waals surface area (Å²) in [6, 6.07) is 9.49. The Morgan fingerprint density at radius 3 is 2.52 bits per heavy atom. The average molecular weight is 304 g/mol. The van der Waals surface area contributed by atoms with E-state index < -0.39 is 5.97 Å². The van der Waals surface area contributed by atoms with Crippen LogP contribution in [0.5, 0.6) is 0 Å². The first-order valence-corrected chi connectivity index (χ1v) is 7.36. The van der Waals surface area contributed by atoms with Crippen LogP contribution in [0.2, 0.25) is 0 Å². The summed E-state index contributed by atoms with van der Waals surface area (Å²) in [4.78, 5) is 26.6. The number of aromatic carboxylic acids is 1. The van der Waals surface area contributed by atoms with Gasteiger partial charge in [-0.1, -0.05) is 17.7 Å². The number of benzene rings is 1. The summed E-state index contributed by atoms with van der Waals surface area (Å²) in [6.45, 7) is 3.74. The lowest BCUT2D eigenvalue weighted by Crippen LogP contribution is -2.15. The minimum Gasteiger partial charge on any atom is -0.477 e. The molecule has 0 aliphatic carbocycles. The molecule has 0 fully saturated rings. The van der Waals surface area contributed by atoms with Gasteiger partial charge in [-0.2, -0.15) is 0 Å². The molecule has 0 atom stereocenters. The van der Waals surface area contributed by atoms with Gasteiger partial charge in [0.2, 0.25) is 5.91 Å². The number of carbonyl (C=O) groups is 2. The predicted molar refractivity (Wildman–Crippen MR) is 83.0 cm³/mol. The number of aryl methyl sites for hydroxylation is 2. The highest BCUT2D eigenvalue weighted by Gasteiger charge is 2.15. The summed E-state index contributed by atoms with van der Waals surface area (Å²) in [5.74, 6) is -1.10. The van der Waals surface area contributed by atoms with Gasteiger partial charge in [0.05, 0.1) is 11.4 Å². The largest absolute Gasteiger partial charge is 0.477 e. The third-order valence-electron chi connectivity index (χ3n) is 2.83. The maximum Gasteiger partial charge on any atom is 0.354 e. The molecule has 0 spiro atoms. The van der Waals surface area contributed by atoms with E-state index in [1.807, 2.05) is 31.2 Å². The molecule has 5 nitrogen and oxygen atoms in total. The number of carbonyl (C=O) groups excluding carboxylic acids is 1. The Kier molecular flexibility index (Phi) is 4.70. The van der Waals surface area contributed by atoms with E-state index in [1.165, 1.54) is 11.8 Å². The molecule has 0 unspecified atom stereocenters. The Morgan fingerprint density at radius 1 is 1.24 bits per heavy atom. The molecule has 0 saturated carbocycles. The number of hydrogen-bond donors (Lipinski definition) is 3. The van der Waals surface area contributed by atoms with Gasteiger partial charge in [-0.15, -0.1) is 11.8 Å². The summed E-state index contributed by atoms with van der Waals surface area (Å²) >= 11 is 1.41. The third-order valence-corrected chi connectivity index (χ3v) is 3.84. The normalized spacial score (nSPS) is 10.4. The van der Waals surface area contributed by atoms with Crippen molar-refractivity contribution in [2.75, 3.05) is 11.1 Å². The summed E-state index contributed by atoms with van der Waals surface area (Å²) < 4.78 is 0. The maximum atomic E-state index is 11.9. The molecule has 1 amide bonds. The molecule has 0 radical (unpaired) electrons. The van der Waals surface area contributed by atoms with E-state index in [4.69, 9.17) is 5.11 Å². The van der Waals surface area contributed by atoms with E-state index in [1.54, 1.807) is 13.0 Å². The second kappa shape index (κ2) is 6.49. The SMILES string of the molecule is Cc1ccc(SCC(=O)Nc2cc(C)[nH]c2C(=O)O)cc1. The molecule has 1 aromatic heterocycles. The molecule has 0 bridgehead atoms. The highest BCUT2D eigenvalue weighted by molar-refractivity contribution is 8.00. The van der Waals surface area contributed by atoms with Crippen molar-refractivity contribution < 1.29 is 14.7 Å². The van der Waals surface area contributed by atoms with Gasteiger partial charge in [0.15, 0.2) is 0 Å². The van der Waals surface area contributed by atoms with Crippen LogP contribution in [-0.4, -0.2) is 27.7 Å². The van der Waals surface area contributed by atoms with Gasteiger partial charge in [-0.3, -0.25) is 4.79 Å². The number of thioether (sulfide) groups is 1. The molecule has 0 aliphatic rings.